The van der Waals surface area contributed by atoms with Crippen LogP contribution in [0, 0.1) is 5.92 Å². The minimum atomic E-state index is -8.42. The van der Waals surface area contributed by atoms with Crippen molar-refractivity contribution in [3.8, 4) is 11.1 Å². The lowest BCUT2D eigenvalue weighted by atomic mass is 9.30. The van der Waals surface area contributed by atoms with Crippen LogP contribution in [-0.2, 0) is 29.6 Å². The van der Waals surface area contributed by atoms with Gasteiger partial charge in [0.1, 0.15) is 11.3 Å². The predicted octanol–water partition coefficient (Wildman–Crippen LogP) is 19.0. The lowest BCUT2D eigenvalue weighted by molar-refractivity contribution is -0.532. The van der Waals surface area contributed by atoms with Gasteiger partial charge in [-0.2, -0.15) is 52.7 Å². The van der Waals surface area contributed by atoms with Gasteiger partial charge in [-0.15, -0.1) is 0 Å². The highest BCUT2D eigenvalue weighted by molar-refractivity contribution is 6.01. The normalized spacial score (nSPS) is 33.0. The van der Waals surface area contributed by atoms with Crippen molar-refractivity contribution in [2.75, 3.05) is 0 Å². The third-order valence-corrected chi connectivity index (χ3v) is 19.4. The minimum Gasteiger partial charge on any atom is -0.239 e. The Bertz CT molecular complexity index is 4330. The van der Waals surface area contributed by atoms with Crippen LogP contribution in [0.2, 0.25) is 0 Å². The van der Waals surface area contributed by atoms with Gasteiger partial charge in [0, 0.05) is 17.9 Å². The maximum atomic E-state index is 22.9. The van der Waals surface area contributed by atoms with Gasteiger partial charge < -0.3 is 0 Å². The number of hydrogen-bond donors (Lipinski definition) is 0. The van der Waals surface area contributed by atoms with E-state index in [-0.39, 0.29) is 34.0 Å². The minimum absolute atomic E-state index is 0.0229. The van der Waals surface area contributed by atoms with Crippen molar-refractivity contribution in [2.45, 2.75) is 93.7 Å². The second-order valence-corrected chi connectivity index (χ2v) is 23.0. The second kappa shape index (κ2) is 16.8. The van der Waals surface area contributed by atoms with Gasteiger partial charge in [-0.25, -0.2) is 26.3 Å². The fourth-order valence-electron chi connectivity index (χ4n) is 15.9. The van der Waals surface area contributed by atoms with E-state index in [1.807, 2.05) is 0 Å². The van der Waals surface area contributed by atoms with Crippen LogP contribution in [0.3, 0.4) is 0 Å². The van der Waals surface area contributed by atoms with Crippen LogP contribution in [0.25, 0.3) is 49.5 Å². The average molecular weight is 1190 g/mol. The van der Waals surface area contributed by atoms with E-state index in [4.69, 9.17) is 0 Å². The van der Waals surface area contributed by atoms with Gasteiger partial charge in [-0.3, -0.25) is 0 Å². The summed E-state index contributed by atoms with van der Waals surface area (Å²) in [6.45, 7) is 0. The Morgan fingerprint density at radius 2 is 0.941 bits per heavy atom. The molecular weight excluding hydrogens is 1150 g/mol. The Labute approximate surface area is 471 Å². The number of fused-ring (bicyclic) bond motifs is 10. The lowest BCUT2D eigenvalue weighted by Crippen LogP contribution is -3.03. The molecule has 9 aromatic carbocycles. The van der Waals surface area contributed by atoms with Gasteiger partial charge in [-0.05, 0) is 101 Å². The molecule has 434 valence electrons. The molecule has 3 saturated carbocycles. The Kier molecular flexibility index (Phi) is 10.9. The summed E-state index contributed by atoms with van der Waals surface area (Å²) in [7, 11) is 0. The van der Waals surface area contributed by atoms with Crippen LogP contribution in [0.4, 0.5) is 79.0 Å². The maximum absolute atomic E-state index is 22.9. The highest BCUT2D eigenvalue weighted by atomic mass is 19.4. The maximum Gasteiger partial charge on any atom is 0.376 e. The van der Waals surface area contributed by atoms with Crippen LogP contribution in [0.5, 0.6) is 0 Å². The molecule has 0 bridgehead atoms. The smallest absolute Gasteiger partial charge is 0.239 e. The van der Waals surface area contributed by atoms with E-state index in [9.17, 15) is 0 Å². The lowest BCUT2D eigenvalue weighted by Gasteiger charge is -2.77. The van der Waals surface area contributed by atoms with E-state index in [2.05, 4.69) is 0 Å². The van der Waals surface area contributed by atoms with Gasteiger partial charge >= 0.3 is 35.5 Å². The van der Waals surface area contributed by atoms with Crippen molar-refractivity contribution < 1.29 is 79.0 Å². The van der Waals surface area contributed by atoms with E-state index >= 15 is 79.0 Å². The third-order valence-electron chi connectivity index (χ3n) is 19.4. The van der Waals surface area contributed by atoms with Gasteiger partial charge in [0.05, 0.1) is 0 Å². The summed E-state index contributed by atoms with van der Waals surface area (Å²) in [6, 6.07) is 29.3. The molecule has 0 aromatic heterocycles. The summed E-state index contributed by atoms with van der Waals surface area (Å²) in [5.41, 5.74) is -59.8. The molecule has 0 radical (unpaired) electrons. The zero-order chi connectivity index (χ0) is 60.3. The number of benzene rings is 9. The van der Waals surface area contributed by atoms with E-state index in [1.165, 1.54) is 54.6 Å². The molecule has 85 heavy (non-hydrogen) atoms. The molecule has 0 amide bonds. The number of halogens is 18. The highest BCUT2D eigenvalue weighted by Gasteiger charge is 3.14. The number of alkyl halides is 18. The van der Waals surface area contributed by atoms with Gasteiger partial charge in [-0.1, -0.05) is 194 Å². The Balaban J connectivity index is 1.31. The molecule has 18 heteroatoms. The molecule has 0 saturated heterocycles. The largest absolute Gasteiger partial charge is 0.376 e. The monoisotopic (exact) mass is 1190 g/mol. The van der Waals surface area contributed by atoms with Crippen molar-refractivity contribution in [3.63, 3.8) is 0 Å². The summed E-state index contributed by atoms with van der Waals surface area (Å²) in [6.07, 6.45) is -2.47. The second-order valence-electron chi connectivity index (χ2n) is 23.0. The zero-order valence-corrected chi connectivity index (χ0v) is 43.5. The summed E-state index contributed by atoms with van der Waals surface area (Å²) in [5.74, 6) is -56.7. The van der Waals surface area contributed by atoms with Crippen LogP contribution in [-0.4, -0.2) is 58.2 Å². The predicted molar refractivity (Wildman–Crippen MR) is 284 cm³/mol. The first kappa shape index (κ1) is 55.1. The number of allylic oxidation sites excluding steroid dienone is 1. The molecule has 0 aliphatic heterocycles. The van der Waals surface area contributed by atoms with E-state index in [0.29, 0.717) is 48.5 Å². The fourth-order valence-corrected chi connectivity index (χ4v) is 15.9. The molecule has 5 aliphatic rings. The first-order valence-electron chi connectivity index (χ1n) is 26.8. The van der Waals surface area contributed by atoms with Crippen molar-refractivity contribution in [3.05, 3.63) is 245 Å². The highest BCUT2D eigenvalue weighted by Crippen LogP contribution is 2.90. The molecule has 9 aromatic rings. The first-order valence-corrected chi connectivity index (χ1v) is 26.8. The van der Waals surface area contributed by atoms with Crippen LogP contribution < -0.4 is 0 Å². The standard InChI is InChI=1S/C67H40F18/c68-55(36-37-15-2-1-3-16-37)54-59(71,58(70,64(78,79)65(80,81)60(54,72)73)52-29-12-22-38-17-6-11-26-46(38)52)62(75)61(74,57(55,69)53-30-14-27-47-44-24-9-8-21-43(44)35-49(47)53)56(63(76,77)67(84,85)66(62,82)83,51-32-31-39-18-7-10-25-45(39)51)50-28-13-23-42-33-40-19-4-5-20-41(40)34-48(42)50/h1-34,51,54H,35-36H2. The van der Waals surface area contributed by atoms with Crippen LogP contribution >= 0.6 is 0 Å². The molecule has 0 N–H and O–H groups in total. The molecule has 14 rings (SSSR count). The van der Waals surface area contributed by atoms with E-state index in [0.717, 1.165) is 91.0 Å². The summed E-state index contributed by atoms with van der Waals surface area (Å²) in [5, 5.41) is -3.40. The SMILES string of the molecule is FC1(F)C2C(F)(Cc3ccccc3)C(F)(c3cccc4c3Cc3ccccc3-4)C3(F)C(c4cccc5cc6ccccc6cc45)(C4C=Cc5ccccc54)C(F)(F)C(F)(F)C(F)(F)C3(F)C2(F)C(F)(c2cccc3ccccc23)C(F)(F)C1(F)F. The summed E-state index contributed by atoms with van der Waals surface area (Å²) >= 11 is 0. The number of rotatable bonds is 6. The van der Waals surface area contributed by atoms with E-state index in [1.54, 1.807) is 0 Å². The Hall–Kier alpha value is -7.76. The molecule has 9 atom stereocenters. The Morgan fingerprint density at radius 1 is 0.388 bits per heavy atom. The van der Waals surface area contributed by atoms with Gasteiger partial charge in [0.15, 0.2) is 5.67 Å². The van der Waals surface area contributed by atoms with E-state index < -0.39 is 166 Å². The molecule has 0 spiro atoms. The fraction of sp³-hybridized carbons (Fsp3) is 0.254. The molecule has 3 fully saturated rings. The molecule has 0 nitrogen and oxygen atoms in total. The zero-order valence-electron chi connectivity index (χ0n) is 43.5. The van der Waals surface area contributed by atoms with Crippen molar-refractivity contribution in [2.24, 2.45) is 5.92 Å². The molecular formula is C67H40F18. The topological polar surface area (TPSA) is 0 Å². The quantitative estimate of drug-likeness (QED) is 0.115. The van der Waals surface area contributed by atoms with Crippen molar-refractivity contribution in [1.29, 1.82) is 0 Å². The summed E-state index contributed by atoms with van der Waals surface area (Å²) in [4.78, 5) is 0. The molecule has 9 unspecified atom stereocenters. The van der Waals surface area contributed by atoms with Gasteiger partial charge in [0.2, 0.25) is 22.7 Å². The average Bonchev–Trinajstić information content (AvgIpc) is 0.617. The Morgan fingerprint density at radius 3 is 1.66 bits per heavy atom. The van der Waals surface area contributed by atoms with Crippen LogP contribution in [0.15, 0.2) is 200 Å². The molecule has 5 aliphatic carbocycles. The number of hydrogen-bond acceptors (Lipinski definition) is 0. The van der Waals surface area contributed by atoms with Crippen LogP contribution in [0.1, 0.15) is 50.4 Å². The van der Waals surface area contributed by atoms with Crippen molar-refractivity contribution >= 4 is 38.4 Å². The van der Waals surface area contributed by atoms with Crippen molar-refractivity contribution in [1.82, 2.24) is 0 Å². The van der Waals surface area contributed by atoms with Gasteiger partial charge in [0.25, 0.3) is 5.67 Å². The summed E-state index contributed by atoms with van der Waals surface area (Å²) < 4.78 is 354. The first-order chi connectivity index (χ1) is 40.0. The molecule has 0 heterocycles. The third kappa shape index (κ3) is 5.71.